The van der Waals surface area contributed by atoms with Gasteiger partial charge in [0, 0.05) is 16.3 Å². The summed E-state index contributed by atoms with van der Waals surface area (Å²) in [5.41, 5.74) is 7.86. The highest BCUT2D eigenvalue weighted by Crippen LogP contribution is 2.27. The van der Waals surface area contributed by atoms with Crippen molar-refractivity contribution in [2.75, 3.05) is 5.73 Å². The first kappa shape index (κ1) is 13.5. The Morgan fingerprint density at radius 1 is 1.19 bits per heavy atom. The molecule has 5 nitrogen and oxygen atoms in total. The van der Waals surface area contributed by atoms with Crippen molar-refractivity contribution in [2.45, 2.75) is 6.54 Å². The van der Waals surface area contributed by atoms with E-state index in [-0.39, 0.29) is 5.82 Å². The third-order valence-corrected chi connectivity index (χ3v) is 3.24. The van der Waals surface area contributed by atoms with Crippen molar-refractivity contribution in [2.24, 2.45) is 0 Å². The predicted octanol–water partition coefficient (Wildman–Crippen LogP) is 2.76. The largest absolute Gasteiger partial charge is 0.398 e. The summed E-state index contributed by atoms with van der Waals surface area (Å²) in [5, 5.41) is 12.1. The minimum absolute atomic E-state index is 0.301. The maximum Gasteiger partial charge on any atom is 0.184 e. The van der Waals surface area contributed by atoms with E-state index in [0.717, 1.165) is 5.56 Å². The molecule has 7 heteroatoms. The predicted molar refractivity (Wildman–Crippen MR) is 78.2 cm³/mol. The van der Waals surface area contributed by atoms with Crippen LogP contribution < -0.4 is 5.73 Å². The number of halogens is 2. The van der Waals surface area contributed by atoms with Crippen LogP contribution in [0.3, 0.4) is 0 Å². The topological polar surface area (TPSA) is 69.6 Å². The van der Waals surface area contributed by atoms with Gasteiger partial charge in [-0.25, -0.2) is 9.07 Å². The lowest BCUT2D eigenvalue weighted by Crippen LogP contribution is -2.05. The lowest BCUT2D eigenvalue weighted by atomic mass is 10.1. The van der Waals surface area contributed by atoms with Gasteiger partial charge in [-0.1, -0.05) is 23.7 Å². The van der Waals surface area contributed by atoms with Crippen LogP contribution >= 0.6 is 11.6 Å². The Kier molecular flexibility index (Phi) is 3.53. The van der Waals surface area contributed by atoms with Gasteiger partial charge in [0.15, 0.2) is 5.82 Å². The van der Waals surface area contributed by atoms with Gasteiger partial charge in [-0.15, -0.1) is 5.10 Å². The first-order chi connectivity index (χ1) is 10.1. The highest BCUT2D eigenvalue weighted by molar-refractivity contribution is 6.31. The summed E-state index contributed by atoms with van der Waals surface area (Å²) < 4.78 is 14.8. The Bertz CT molecular complexity index is 787. The molecule has 0 amide bonds. The van der Waals surface area contributed by atoms with Crippen LogP contribution in [-0.4, -0.2) is 20.2 Å². The minimum atomic E-state index is -0.301. The summed E-state index contributed by atoms with van der Waals surface area (Å²) in [6.07, 6.45) is 0. The van der Waals surface area contributed by atoms with Crippen LogP contribution in [0.1, 0.15) is 5.56 Å². The van der Waals surface area contributed by atoms with E-state index in [0.29, 0.717) is 28.6 Å². The molecule has 0 radical (unpaired) electrons. The Morgan fingerprint density at radius 3 is 2.86 bits per heavy atom. The zero-order valence-corrected chi connectivity index (χ0v) is 11.6. The van der Waals surface area contributed by atoms with Crippen molar-refractivity contribution in [1.29, 1.82) is 0 Å². The highest BCUT2D eigenvalue weighted by Gasteiger charge is 2.13. The molecular formula is C14H11ClFN5. The van der Waals surface area contributed by atoms with Crippen molar-refractivity contribution in [3.63, 3.8) is 0 Å². The lowest BCUT2D eigenvalue weighted by Gasteiger charge is -2.07. The number of aromatic nitrogens is 4. The molecule has 0 bridgehead atoms. The molecule has 21 heavy (non-hydrogen) atoms. The normalized spacial score (nSPS) is 10.8. The number of benzene rings is 2. The summed E-state index contributed by atoms with van der Waals surface area (Å²) in [6, 6.07) is 11.4. The second-order valence-corrected chi connectivity index (χ2v) is 4.96. The fourth-order valence-electron chi connectivity index (χ4n) is 2.03. The number of nitrogen functional groups attached to an aromatic ring is 1. The Hall–Kier alpha value is -2.47. The molecule has 0 aliphatic rings. The third kappa shape index (κ3) is 2.85. The van der Waals surface area contributed by atoms with Gasteiger partial charge in [0.2, 0.25) is 0 Å². The van der Waals surface area contributed by atoms with Crippen molar-refractivity contribution in [3.05, 3.63) is 58.9 Å². The molecule has 0 saturated heterocycles. The fraction of sp³-hybridized carbons (Fsp3) is 0.0714. The molecule has 0 spiro atoms. The van der Waals surface area contributed by atoms with E-state index in [1.165, 1.54) is 12.1 Å². The maximum atomic E-state index is 13.2. The molecule has 0 atom stereocenters. The molecule has 106 valence electrons. The maximum absolute atomic E-state index is 13.2. The molecule has 1 aromatic heterocycles. The summed E-state index contributed by atoms with van der Waals surface area (Å²) in [4.78, 5) is 0. The van der Waals surface area contributed by atoms with Crippen molar-refractivity contribution in [1.82, 2.24) is 20.2 Å². The number of anilines is 1. The summed E-state index contributed by atoms with van der Waals surface area (Å²) in [5.74, 6) is 0.184. The SMILES string of the molecule is Nc1ccc(Cl)cc1-c1nnnn1Cc1cccc(F)c1. The van der Waals surface area contributed by atoms with Crippen LogP contribution in [0.4, 0.5) is 10.1 Å². The van der Waals surface area contributed by atoms with E-state index in [9.17, 15) is 4.39 Å². The van der Waals surface area contributed by atoms with Crippen LogP contribution in [0.15, 0.2) is 42.5 Å². The van der Waals surface area contributed by atoms with E-state index in [4.69, 9.17) is 17.3 Å². The standard InChI is InChI=1S/C14H11ClFN5/c15-10-4-5-13(17)12(7-10)14-18-19-20-21(14)8-9-2-1-3-11(16)6-9/h1-7H,8,17H2. The van der Waals surface area contributed by atoms with E-state index >= 15 is 0 Å². The molecule has 3 aromatic rings. The molecule has 1 heterocycles. The molecule has 2 aromatic carbocycles. The van der Waals surface area contributed by atoms with Gasteiger partial charge in [-0.2, -0.15) is 0 Å². The summed E-state index contributed by atoms with van der Waals surface area (Å²) >= 11 is 5.98. The van der Waals surface area contributed by atoms with E-state index in [1.54, 1.807) is 35.0 Å². The van der Waals surface area contributed by atoms with Gasteiger partial charge < -0.3 is 5.73 Å². The van der Waals surface area contributed by atoms with Crippen molar-refractivity contribution in [3.8, 4) is 11.4 Å². The number of rotatable bonds is 3. The summed E-state index contributed by atoms with van der Waals surface area (Å²) in [6.45, 7) is 0.339. The van der Waals surface area contributed by atoms with Crippen LogP contribution in [0.5, 0.6) is 0 Å². The molecule has 3 rings (SSSR count). The van der Waals surface area contributed by atoms with Crippen LogP contribution in [0.25, 0.3) is 11.4 Å². The van der Waals surface area contributed by atoms with Gasteiger partial charge in [0.25, 0.3) is 0 Å². The molecule has 0 aliphatic carbocycles. The zero-order chi connectivity index (χ0) is 14.8. The Balaban J connectivity index is 1.99. The quantitative estimate of drug-likeness (QED) is 0.755. The second kappa shape index (κ2) is 5.49. The lowest BCUT2D eigenvalue weighted by molar-refractivity contribution is 0.615. The molecule has 0 fully saturated rings. The number of hydrogen-bond donors (Lipinski definition) is 1. The second-order valence-electron chi connectivity index (χ2n) is 4.52. The smallest absolute Gasteiger partial charge is 0.184 e. The van der Waals surface area contributed by atoms with Gasteiger partial charge >= 0.3 is 0 Å². The van der Waals surface area contributed by atoms with E-state index in [1.807, 2.05) is 0 Å². The first-order valence-electron chi connectivity index (χ1n) is 6.19. The van der Waals surface area contributed by atoms with Gasteiger partial charge in [-0.3, -0.25) is 0 Å². The third-order valence-electron chi connectivity index (χ3n) is 3.01. The Labute approximate surface area is 125 Å². The molecule has 2 N–H and O–H groups in total. The fourth-order valence-corrected chi connectivity index (χ4v) is 2.21. The van der Waals surface area contributed by atoms with Crippen molar-refractivity contribution >= 4 is 17.3 Å². The van der Waals surface area contributed by atoms with Gasteiger partial charge in [0.05, 0.1) is 6.54 Å². The average molecular weight is 304 g/mol. The number of nitrogens with zero attached hydrogens (tertiary/aromatic N) is 4. The van der Waals surface area contributed by atoms with E-state index in [2.05, 4.69) is 15.5 Å². The monoisotopic (exact) mass is 303 g/mol. The minimum Gasteiger partial charge on any atom is -0.398 e. The average Bonchev–Trinajstić information content (AvgIpc) is 2.89. The molecule has 0 unspecified atom stereocenters. The zero-order valence-electron chi connectivity index (χ0n) is 10.9. The van der Waals surface area contributed by atoms with Gasteiger partial charge in [0.1, 0.15) is 5.82 Å². The van der Waals surface area contributed by atoms with E-state index < -0.39 is 0 Å². The number of hydrogen-bond acceptors (Lipinski definition) is 4. The van der Waals surface area contributed by atoms with Crippen LogP contribution in [-0.2, 0) is 6.54 Å². The molecule has 0 aliphatic heterocycles. The van der Waals surface area contributed by atoms with Crippen LogP contribution in [0.2, 0.25) is 5.02 Å². The number of tetrazole rings is 1. The summed E-state index contributed by atoms with van der Waals surface area (Å²) in [7, 11) is 0. The Morgan fingerprint density at radius 2 is 2.05 bits per heavy atom. The molecule has 0 saturated carbocycles. The molecular weight excluding hydrogens is 293 g/mol. The highest BCUT2D eigenvalue weighted by atomic mass is 35.5. The van der Waals surface area contributed by atoms with Crippen LogP contribution in [0, 0.1) is 5.82 Å². The van der Waals surface area contributed by atoms with Gasteiger partial charge in [-0.05, 0) is 46.3 Å². The number of nitrogens with two attached hydrogens (primary N) is 1. The first-order valence-corrected chi connectivity index (χ1v) is 6.57. The van der Waals surface area contributed by atoms with Crippen molar-refractivity contribution < 1.29 is 4.39 Å².